The zero-order chi connectivity index (χ0) is 24.9. The van der Waals surface area contributed by atoms with Crippen molar-refractivity contribution in [2.75, 3.05) is 17.7 Å². The number of methoxy groups -OCH3 is 1. The lowest BCUT2D eigenvalue weighted by Gasteiger charge is -2.16. The van der Waals surface area contributed by atoms with E-state index < -0.39 is 5.91 Å². The molecular formula is C28H24N6O2. The fourth-order valence-corrected chi connectivity index (χ4v) is 3.98. The second kappa shape index (κ2) is 10.0. The van der Waals surface area contributed by atoms with Crippen LogP contribution < -0.4 is 26.5 Å². The van der Waals surface area contributed by atoms with Crippen LogP contribution >= 0.6 is 0 Å². The van der Waals surface area contributed by atoms with Crippen molar-refractivity contribution < 1.29 is 9.53 Å². The molecule has 0 unspecified atom stereocenters. The van der Waals surface area contributed by atoms with Gasteiger partial charge in [0.2, 0.25) is 0 Å². The predicted octanol–water partition coefficient (Wildman–Crippen LogP) is 4.74. The van der Waals surface area contributed by atoms with Crippen molar-refractivity contribution in [2.24, 2.45) is 15.8 Å². The smallest absolute Gasteiger partial charge is 0.278 e. The van der Waals surface area contributed by atoms with Gasteiger partial charge >= 0.3 is 0 Å². The highest BCUT2D eigenvalue weighted by Crippen LogP contribution is 2.30. The number of ether oxygens (including phenoxy) is 1. The second-order valence-corrected chi connectivity index (χ2v) is 7.98. The van der Waals surface area contributed by atoms with Crippen LogP contribution in [0.5, 0.6) is 5.75 Å². The van der Waals surface area contributed by atoms with E-state index in [1.54, 1.807) is 13.3 Å². The highest BCUT2D eigenvalue weighted by Gasteiger charge is 2.24. The molecule has 5 N–H and O–H groups in total. The molecule has 1 heterocycles. The summed E-state index contributed by atoms with van der Waals surface area (Å²) >= 11 is 0. The lowest BCUT2D eigenvalue weighted by molar-refractivity contribution is -0.117. The number of hydrogen-bond acceptors (Lipinski definition) is 7. The number of nitrogens with one attached hydrogen (secondary N) is 3. The first-order chi connectivity index (χ1) is 17.6. The van der Waals surface area contributed by atoms with Gasteiger partial charge < -0.3 is 21.1 Å². The first-order valence-corrected chi connectivity index (χ1v) is 11.3. The number of anilines is 2. The van der Waals surface area contributed by atoms with Gasteiger partial charge in [0.25, 0.3) is 5.91 Å². The molecule has 0 saturated heterocycles. The molecule has 1 aliphatic heterocycles. The van der Waals surface area contributed by atoms with E-state index in [9.17, 15) is 4.79 Å². The second-order valence-electron chi connectivity index (χ2n) is 7.98. The van der Waals surface area contributed by atoms with E-state index in [-0.39, 0.29) is 11.4 Å². The molecule has 178 valence electrons. The Morgan fingerprint density at radius 3 is 2.56 bits per heavy atom. The third-order valence-electron chi connectivity index (χ3n) is 5.69. The van der Waals surface area contributed by atoms with E-state index >= 15 is 0 Å². The van der Waals surface area contributed by atoms with Crippen molar-refractivity contribution in [1.29, 1.82) is 0 Å². The number of fused-ring (bicyclic) bond motifs is 2. The Labute approximate surface area is 208 Å². The number of nitrogens with zero attached hydrogens (tertiary/aromatic N) is 2. The fraction of sp³-hybridized carbons (Fsp3) is 0.0357. The van der Waals surface area contributed by atoms with E-state index in [0.29, 0.717) is 22.9 Å². The maximum absolute atomic E-state index is 13.4. The van der Waals surface area contributed by atoms with Crippen LogP contribution in [0.25, 0.3) is 10.8 Å². The molecule has 0 radical (unpaired) electrons. The van der Waals surface area contributed by atoms with Crippen molar-refractivity contribution in [3.63, 3.8) is 0 Å². The van der Waals surface area contributed by atoms with E-state index in [1.165, 1.54) is 0 Å². The maximum atomic E-state index is 13.4. The van der Waals surface area contributed by atoms with Gasteiger partial charge in [0.05, 0.1) is 24.7 Å². The Kier molecular flexibility index (Phi) is 6.31. The Bertz CT molecular complexity index is 1530. The monoisotopic (exact) mass is 476 g/mol. The van der Waals surface area contributed by atoms with E-state index in [1.807, 2.05) is 91.0 Å². The van der Waals surface area contributed by atoms with E-state index in [2.05, 4.69) is 26.2 Å². The van der Waals surface area contributed by atoms with Crippen molar-refractivity contribution in [2.45, 2.75) is 0 Å². The standard InChI is InChI=1S/C28H24N6O2/c1-36-24-16-15-18-9-5-6-12-20(18)21(24)17-30-34-28(35)25-26(29)32-22-13-7-8-14-23(22)33-27(25)31-19-10-3-2-4-11-19/h2-17,31,33H,1H3,(H2,29,32)(H,34,35)/b30-17+. The van der Waals surface area contributed by atoms with Gasteiger partial charge in [0.1, 0.15) is 23.0 Å². The summed E-state index contributed by atoms with van der Waals surface area (Å²) in [5.74, 6) is 0.569. The molecule has 4 aromatic carbocycles. The number of nitrogens with two attached hydrogens (primary N) is 1. The van der Waals surface area contributed by atoms with Gasteiger partial charge in [0, 0.05) is 11.3 Å². The van der Waals surface area contributed by atoms with Crippen LogP contribution in [0, 0.1) is 0 Å². The lowest BCUT2D eigenvalue weighted by atomic mass is 10.0. The minimum absolute atomic E-state index is 0.0568. The Morgan fingerprint density at radius 2 is 1.72 bits per heavy atom. The Balaban J connectivity index is 1.49. The highest BCUT2D eigenvalue weighted by atomic mass is 16.5. The SMILES string of the molecule is COc1ccc2ccccc2c1/C=N/NC(=O)C1=C(Nc2ccccc2)Nc2ccccc2N=C1N. The number of rotatable bonds is 6. The number of carbonyl (C=O) groups is 1. The van der Waals surface area contributed by atoms with Crippen LogP contribution in [0.1, 0.15) is 5.56 Å². The maximum Gasteiger partial charge on any atom is 0.278 e. The minimum atomic E-state index is -0.523. The van der Waals surface area contributed by atoms with Crippen molar-refractivity contribution in [1.82, 2.24) is 5.43 Å². The van der Waals surface area contributed by atoms with Crippen molar-refractivity contribution in [3.05, 3.63) is 108 Å². The summed E-state index contributed by atoms with van der Waals surface area (Å²) in [6.45, 7) is 0. The van der Waals surface area contributed by atoms with Gasteiger partial charge in [0.15, 0.2) is 0 Å². The van der Waals surface area contributed by atoms with Gasteiger partial charge in [-0.25, -0.2) is 10.4 Å². The summed E-state index contributed by atoms with van der Waals surface area (Å²) in [5, 5.41) is 12.7. The van der Waals surface area contributed by atoms with Gasteiger partial charge in [-0.15, -0.1) is 0 Å². The van der Waals surface area contributed by atoms with Crippen molar-refractivity contribution >= 4 is 45.8 Å². The predicted molar refractivity (Wildman–Crippen MR) is 145 cm³/mol. The largest absolute Gasteiger partial charge is 0.496 e. The average molecular weight is 477 g/mol. The van der Waals surface area contributed by atoms with E-state index in [4.69, 9.17) is 10.5 Å². The number of amidine groups is 1. The fourth-order valence-electron chi connectivity index (χ4n) is 3.98. The zero-order valence-electron chi connectivity index (χ0n) is 19.5. The number of aliphatic imine (C=N–C) groups is 1. The highest BCUT2D eigenvalue weighted by molar-refractivity contribution is 6.22. The summed E-state index contributed by atoms with van der Waals surface area (Å²) in [7, 11) is 1.60. The number of carbonyl (C=O) groups excluding carboxylic acids is 1. The first kappa shape index (κ1) is 22.7. The van der Waals surface area contributed by atoms with Crippen molar-refractivity contribution in [3.8, 4) is 5.75 Å². The molecule has 0 atom stereocenters. The summed E-state index contributed by atoms with van der Waals surface area (Å²) in [5.41, 5.74) is 11.9. The molecule has 8 nitrogen and oxygen atoms in total. The molecule has 0 saturated carbocycles. The topological polar surface area (TPSA) is 113 Å². The molecule has 0 spiro atoms. The third kappa shape index (κ3) is 4.60. The van der Waals surface area contributed by atoms with Crippen LogP contribution in [0.3, 0.4) is 0 Å². The molecule has 5 rings (SSSR count). The van der Waals surface area contributed by atoms with Crippen LogP contribution in [0.4, 0.5) is 17.1 Å². The molecule has 0 fully saturated rings. The number of hydrazone groups is 1. The molecule has 0 aliphatic carbocycles. The summed E-state index contributed by atoms with van der Waals surface area (Å²) in [6.07, 6.45) is 1.57. The summed E-state index contributed by atoms with van der Waals surface area (Å²) in [4.78, 5) is 17.8. The molecule has 4 aromatic rings. The van der Waals surface area contributed by atoms with Gasteiger partial charge in [-0.2, -0.15) is 5.10 Å². The average Bonchev–Trinajstić information content (AvgIpc) is 3.04. The van der Waals surface area contributed by atoms with E-state index in [0.717, 1.165) is 22.0 Å². The zero-order valence-corrected chi connectivity index (χ0v) is 19.5. The summed E-state index contributed by atoms with van der Waals surface area (Å²) in [6, 6.07) is 28.6. The van der Waals surface area contributed by atoms with Gasteiger partial charge in [-0.1, -0.05) is 60.7 Å². The number of amides is 1. The summed E-state index contributed by atoms with van der Waals surface area (Å²) < 4.78 is 5.51. The van der Waals surface area contributed by atoms with Gasteiger partial charge in [-0.3, -0.25) is 4.79 Å². The molecular weight excluding hydrogens is 452 g/mol. The quantitative estimate of drug-likeness (QED) is 0.237. The molecule has 1 aliphatic rings. The first-order valence-electron chi connectivity index (χ1n) is 11.3. The molecule has 1 amide bonds. The lowest BCUT2D eigenvalue weighted by Crippen LogP contribution is -2.32. The molecule has 0 aromatic heterocycles. The normalized spacial score (nSPS) is 13.0. The number of benzene rings is 4. The number of hydrogen-bond donors (Lipinski definition) is 4. The number of para-hydroxylation sites is 3. The van der Waals surface area contributed by atoms with Crippen LogP contribution in [0.15, 0.2) is 112 Å². The third-order valence-corrected chi connectivity index (χ3v) is 5.69. The molecule has 0 bridgehead atoms. The molecule has 36 heavy (non-hydrogen) atoms. The Morgan fingerprint density at radius 1 is 0.972 bits per heavy atom. The molecule has 8 heteroatoms. The van der Waals surface area contributed by atoms with Crippen LogP contribution in [-0.2, 0) is 4.79 Å². The minimum Gasteiger partial charge on any atom is -0.496 e. The Hall–Kier alpha value is -5.11. The van der Waals surface area contributed by atoms with Crippen LogP contribution in [-0.4, -0.2) is 25.1 Å². The van der Waals surface area contributed by atoms with Gasteiger partial charge in [-0.05, 0) is 41.1 Å². The van der Waals surface area contributed by atoms with Crippen LogP contribution in [0.2, 0.25) is 0 Å².